The fraction of sp³-hybridized carbons (Fsp3) is 0.550. The Hall–Kier alpha value is -2.20. The molecule has 3 N–H and O–H groups in total. The van der Waals surface area contributed by atoms with Gasteiger partial charge in [-0.3, -0.25) is 4.40 Å². The molecule has 0 spiro atoms. The van der Waals surface area contributed by atoms with Crippen molar-refractivity contribution in [1.82, 2.24) is 29.6 Å². The molecule has 2 saturated heterocycles. The molecule has 12 nitrogen and oxygen atoms in total. The van der Waals surface area contributed by atoms with E-state index >= 15 is 0 Å². The molecule has 0 amide bonds. The molecule has 0 radical (unpaired) electrons. The lowest BCUT2D eigenvalue weighted by Crippen LogP contribution is -2.59. The zero-order valence-corrected chi connectivity index (χ0v) is 20.5. The molecule has 0 aromatic carbocycles. The Morgan fingerprint density at radius 3 is 2.91 bits per heavy atom. The molecule has 2 aliphatic heterocycles. The SMILES string of the molecule is COCC1CN(c2cc(S(=O)(=O)NC3(C)COC3)cn3c(-c4nnc(CO)s4)ncc23)CCN1. The van der Waals surface area contributed by atoms with Gasteiger partial charge in [0.1, 0.15) is 9.90 Å². The number of methoxy groups -OCH3 is 1. The number of anilines is 1. The van der Waals surface area contributed by atoms with Crippen molar-refractivity contribution in [3.8, 4) is 10.8 Å². The number of piperazine rings is 1. The minimum absolute atomic E-state index is 0.112. The maximum absolute atomic E-state index is 13.4. The monoisotopic (exact) mass is 509 g/mol. The summed E-state index contributed by atoms with van der Waals surface area (Å²) in [7, 11) is -2.19. The second-order valence-electron chi connectivity index (χ2n) is 8.77. The van der Waals surface area contributed by atoms with Crippen molar-refractivity contribution < 1.29 is 23.0 Å². The number of nitrogens with one attached hydrogen (secondary N) is 2. The first kappa shape index (κ1) is 23.5. The van der Waals surface area contributed by atoms with Gasteiger partial charge in [0, 0.05) is 39.0 Å². The number of aromatic nitrogens is 4. The Bertz CT molecular complexity index is 1290. The summed E-state index contributed by atoms with van der Waals surface area (Å²) in [5, 5.41) is 21.9. The third kappa shape index (κ3) is 4.42. The summed E-state index contributed by atoms with van der Waals surface area (Å²) in [5.41, 5.74) is 0.872. The summed E-state index contributed by atoms with van der Waals surface area (Å²) in [6.07, 6.45) is 3.27. The van der Waals surface area contributed by atoms with Gasteiger partial charge in [-0.1, -0.05) is 11.3 Å². The normalized spacial score (nSPS) is 20.6. The third-order valence-corrected chi connectivity index (χ3v) is 8.39. The largest absolute Gasteiger partial charge is 0.389 e. The minimum Gasteiger partial charge on any atom is -0.389 e. The predicted molar refractivity (Wildman–Crippen MR) is 125 cm³/mol. The number of nitrogens with zero attached hydrogens (tertiary/aromatic N) is 5. The van der Waals surface area contributed by atoms with E-state index in [0.29, 0.717) is 48.7 Å². The van der Waals surface area contributed by atoms with Gasteiger partial charge in [0.05, 0.1) is 49.4 Å². The van der Waals surface area contributed by atoms with E-state index < -0.39 is 15.6 Å². The molecule has 1 unspecified atom stereocenters. The van der Waals surface area contributed by atoms with Crippen molar-refractivity contribution in [2.24, 2.45) is 0 Å². The van der Waals surface area contributed by atoms with Gasteiger partial charge in [-0.25, -0.2) is 18.1 Å². The number of rotatable bonds is 8. The highest BCUT2D eigenvalue weighted by Gasteiger charge is 2.38. The first-order chi connectivity index (χ1) is 16.3. The summed E-state index contributed by atoms with van der Waals surface area (Å²) in [6, 6.07) is 1.81. The summed E-state index contributed by atoms with van der Waals surface area (Å²) < 4.78 is 41.8. The van der Waals surface area contributed by atoms with Crippen molar-refractivity contribution >= 4 is 32.6 Å². The number of pyridine rings is 1. The van der Waals surface area contributed by atoms with Crippen molar-refractivity contribution in [3.05, 3.63) is 23.5 Å². The molecule has 2 fully saturated rings. The van der Waals surface area contributed by atoms with E-state index in [2.05, 4.69) is 30.1 Å². The molecular formula is C20H27N7O5S2. The maximum atomic E-state index is 13.4. The Morgan fingerprint density at radius 1 is 1.41 bits per heavy atom. The summed E-state index contributed by atoms with van der Waals surface area (Å²) in [4.78, 5) is 6.80. The van der Waals surface area contributed by atoms with Gasteiger partial charge < -0.3 is 24.8 Å². The van der Waals surface area contributed by atoms with E-state index in [4.69, 9.17) is 9.47 Å². The smallest absolute Gasteiger partial charge is 0.242 e. The molecule has 184 valence electrons. The minimum atomic E-state index is -3.85. The van der Waals surface area contributed by atoms with Gasteiger partial charge >= 0.3 is 0 Å². The van der Waals surface area contributed by atoms with Gasteiger partial charge in [-0.15, -0.1) is 10.2 Å². The standard InChI is InChI=1S/C20H27N7O5S2/c1-20(11-32-12-20)25-34(29,30)14-5-15(26-4-3-21-13(7-26)10-31-2)16-6-22-18(27(16)8-14)19-24-23-17(9-28)33-19/h5-6,8,13,21,25,28H,3-4,7,9-12H2,1-2H3. The van der Waals surface area contributed by atoms with Crippen LogP contribution < -0.4 is 14.9 Å². The number of ether oxygens (including phenoxy) is 2. The maximum Gasteiger partial charge on any atom is 0.242 e. The highest BCUT2D eigenvalue weighted by atomic mass is 32.2. The lowest BCUT2D eigenvalue weighted by atomic mass is 10.0. The van der Waals surface area contributed by atoms with Crippen molar-refractivity contribution in [1.29, 1.82) is 0 Å². The van der Waals surface area contributed by atoms with Crippen LogP contribution >= 0.6 is 11.3 Å². The Kier molecular flexibility index (Phi) is 6.31. The Labute approximate surface area is 201 Å². The topological polar surface area (TPSA) is 143 Å². The average molecular weight is 510 g/mol. The predicted octanol–water partition coefficient (Wildman–Crippen LogP) is -0.163. The number of sulfonamides is 1. The Morgan fingerprint density at radius 2 is 2.24 bits per heavy atom. The van der Waals surface area contributed by atoms with Gasteiger partial charge in [0.2, 0.25) is 10.0 Å². The number of aliphatic hydroxyl groups excluding tert-OH is 1. The number of aliphatic hydroxyl groups is 1. The number of imidazole rings is 1. The van der Waals surface area contributed by atoms with Gasteiger partial charge in [-0.05, 0) is 13.0 Å². The first-order valence-electron chi connectivity index (χ1n) is 10.9. The van der Waals surface area contributed by atoms with Crippen LogP contribution in [0.3, 0.4) is 0 Å². The quantitative estimate of drug-likeness (QED) is 0.375. The molecule has 34 heavy (non-hydrogen) atoms. The molecule has 0 saturated carbocycles. The molecule has 0 bridgehead atoms. The van der Waals surface area contributed by atoms with E-state index in [1.165, 1.54) is 11.3 Å². The number of hydrogen-bond acceptors (Lipinski definition) is 11. The van der Waals surface area contributed by atoms with Crippen LogP contribution in [-0.2, 0) is 26.1 Å². The van der Waals surface area contributed by atoms with E-state index in [1.54, 1.807) is 30.0 Å². The van der Waals surface area contributed by atoms with Gasteiger partial charge in [0.15, 0.2) is 10.8 Å². The van der Waals surface area contributed by atoms with Crippen molar-refractivity contribution in [3.63, 3.8) is 0 Å². The molecule has 5 rings (SSSR count). The van der Waals surface area contributed by atoms with E-state index in [-0.39, 0.29) is 17.5 Å². The van der Waals surface area contributed by atoms with E-state index in [1.807, 2.05) is 6.92 Å². The van der Waals surface area contributed by atoms with E-state index in [0.717, 1.165) is 17.7 Å². The van der Waals surface area contributed by atoms with Crippen LogP contribution in [0.5, 0.6) is 0 Å². The second kappa shape index (κ2) is 9.11. The third-order valence-electron chi connectivity index (χ3n) is 5.88. The van der Waals surface area contributed by atoms with Gasteiger partial charge in [-0.2, -0.15) is 0 Å². The molecule has 1 atom stereocenters. The summed E-state index contributed by atoms with van der Waals surface area (Å²) in [5.74, 6) is 0.465. The van der Waals surface area contributed by atoms with Crippen LogP contribution in [0, 0.1) is 0 Å². The van der Waals surface area contributed by atoms with Crippen molar-refractivity contribution in [2.75, 3.05) is 51.5 Å². The molecule has 3 aromatic heterocycles. The zero-order valence-electron chi connectivity index (χ0n) is 18.9. The summed E-state index contributed by atoms with van der Waals surface area (Å²) in [6.45, 7) is 4.88. The number of fused-ring (bicyclic) bond motifs is 1. The molecule has 3 aromatic rings. The molecular weight excluding hydrogens is 482 g/mol. The van der Waals surface area contributed by atoms with Crippen LogP contribution in [-0.4, -0.2) is 91.3 Å². The second-order valence-corrected chi connectivity index (χ2v) is 11.5. The molecule has 14 heteroatoms. The molecule has 5 heterocycles. The van der Waals surface area contributed by atoms with Gasteiger partial charge in [0.25, 0.3) is 0 Å². The Balaban J connectivity index is 1.62. The average Bonchev–Trinajstić information content (AvgIpc) is 3.44. The van der Waals surface area contributed by atoms with Crippen LogP contribution in [0.2, 0.25) is 0 Å². The highest BCUT2D eigenvalue weighted by molar-refractivity contribution is 7.89. The van der Waals surface area contributed by atoms with Crippen LogP contribution in [0.15, 0.2) is 23.4 Å². The fourth-order valence-corrected chi connectivity index (χ4v) is 6.32. The highest BCUT2D eigenvalue weighted by Crippen LogP contribution is 2.32. The van der Waals surface area contributed by atoms with E-state index in [9.17, 15) is 13.5 Å². The summed E-state index contributed by atoms with van der Waals surface area (Å²) >= 11 is 1.21. The zero-order chi connectivity index (χ0) is 23.9. The van der Waals surface area contributed by atoms with Crippen LogP contribution in [0.25, 0.3) is 16.3 Å². The van der Waals surface area contributed by atoms with Crippen LogP contribution in [0.4, 0.5) is 5.69 Å². The lowest BCUT2D eigenvalue weighted by molar-refractivity contribution is -0.0523. The first-order valence-corrected chi connectivity index (χ1v) is 13.2. The number of hydrogen-bond donors (Lipinski definition) is 3. The lowest BCUT2D eigenvalue weighted by Gasteiger charge is -2.38. The van der Waals surface area contributed by atoms with Crippen molar-refractivity contribution in [2.45, 2.75) is 30.0 Å². The fourth-order valence-electron chi connectivity index (χ4n) is 4.23. The molecule has 2 aliphatic rings. The van der Waals surface area contributed by atoms with Crippen LogP contribution in [0.1, 0.15) is 11.9 Å². The molecule has 0 aliphatic carbocycles.